The Morgan fingerprint density at radius 1 is 1.58 bits per heavy atom. The van der Waals surface area contributed by atoms with Crippen LogP contribution >= 0.6 is 0 Å². The van der Waals surface area contributed by atoms with Crippen molar-refractivity contribution in [3.63, 3.8) is 0 Å². The molecule has 0 spiro atoms. The molecule has 2 atom stereocenters. The zero-order valence-electron chi connectivity index (χ0n) is 12.2. The first-order valence-electron chi connectivity index (χ1n) is 7.19. The number of hydrogen-bond acceptors (Lipinski definition) is 4. The lowest BCUT2D eigenvalue weighted by Gasteiger charge is -2.35. The summed E-state index contributed by atoms with van der Waals surface area (Å²) in [6, 6.07) is 1.22. The Hall–Kier alpha value is -0.910. The van der Waals surface area contributed by atoms with Crippen LogP contribution in [-0.4, -0.2) is 47.3 Å². The van der Waals surface area contributed by atoms with Crippen LogP contribution in [0.15, 0.2) is 12.5 Å². The number of imidazole rings is 1. The predicted molar refractivity (Wildman–Crippen MR) is 76.0 cm³/mol. The molecular weight excluding hydrogens is 240 g/mol. The Morgan fingerprint density at radius 2 is 2.32 bits per heavy atom. The fraction of sp³-hybridized carbons (Fsp3) is 0.786. The van der Waals surface area contributed by atoms with Crippen molar-refractivity contribution in [1.29, 1.82) is 0 Å². The molecule has 1 aromatic heterocycles. The Labute approximate surface area is 115 Å². The molecule has 2 unspecified atom stereocenters. The highest BCUT2D eigenvalue weighted by Gasteiger charge is 2.30. The molecule has 0 saturated heterocycles. The molecule has 1 heterocycles. The molecule has 108 valence electrons. The van der Waals surface area contributed by atoms with Gasteiger partial charge in [-0.15, -0.1) is 0 Å². The Kier molecular flexibility index (Phi) is 4.96. The van der Waals surface area contributed by atoms with E-state index in [1.807, 2.05) is 12.5 Å². The van der Waals surface area contributed by atoms with Gasteiger partial charge in [0.25, 0.3) is 0 Å². The van der Waals surface area contributed by atoms with E-state index in [0.29, 0.717) is 18.6 Å². The number of nitrogens with two attached hydrogens (primary N) is 1. The van der Waals surface area contributed by atoms with Gasteiger partial charge in [0.05, 0.1) is 24.7 Å². The number of aromatic nitrogens is 2. The molecule has 0 radical (unpaired) electrons. The molecule has 0 amide bonds. The van der Waals surface area contributed by atoms with Gasteiger partial charge in [0.1, 0.15) is 0 Å². The third-order valence-corrected chi connectivity index (χ3v) is 3.94. The second-order valence-corrected chi connectivity index (χ2v) is 5.34. The van der Waals surface area contributed by atoms with Gasteiger partial charge in [-0.25, -0.2) is 4.98 Å². The van der Waals surface area contributed by atoms with E-state index in [4.69, 9.17) is 10.5 Å². The van der Waals surface area contributed by atoms with Gasteiger partial charge < -0.3 is 15.0 Å². The lowest BCUT2D eigenvalue weighted by molar-refractivity contribution is 0.0726. The van der Waals surface area contributed by atoms with E-state index in [1.165, 1.54) is 18.5 Å². The molecule has 1 aromatic rings. The average Bonchev–Trinajstić information content (AvgIpc) is 3.14. The Morgan fingerprint density at radius 3 is 2.84 bits per heavy atom. The summed E-state index contributed by atoms with van der Waals surface area (Å²) in [6.07, 6.45) is 6.45. The summed E-state index contributed by atoms with van der Waals surface area (Å²) in [5, 5.41) is 0. The minimum Gasteiger partial charge on any atom is -0.383 e. The van der Waals surface area contributed by atoms with Crippen molar-refractivity contribution in [3.05, 3.63) is 18.2 Å². The van der Waals surface area contributed by atoms with Gasteiger partial charge in [0, 0.05) is 31.9 Å². The maximum Gasteiger partial charge on any atom is 0.0951 e. The second-order valence-electron chi connectivity index (χ2n) is 5.34. The van der Waals surface area contributed by atoms with E-state index in [1.54, 1.807) is 7.11 Å². The van der Waals surface area contributed by atoms with Crippen molar-refractivity contribution in [3.8, 4) is 0 Å². The summed E-state index contributed by atoms with van der Waals surface area (Å²) in [5.41, 5.74) is 7.29. The van der Waals surface area contributed by atoms with Crippen LogP contribution < -0.4 is 5.73 Å². The topological polar surface area (TPSA) is 56.3 Å². The van der Waals surface area contributed by atoms with E-state index in [2.05, 4.69) is 28.3 Å². The first-order valence-corrected chi connectivity index (χ1v) is 7.19. The van der Waals surface area contributed by atoms with Gasteiger partial charge in [-0.3, -0.25) is 4.90 Å². The van der Waals surface area contributed by atoms with Gasteiger partial charge in [-0.2, -0.15) is 0 Å². The molecule has 2 rings (SSSR count). The highest BCUT2D eigenvalue weighted by molar-refractivity contribution is 5.10. The van der Waals surface area contributed by atoms with Gasteiger partial charge in [-0.1, -0.05) is 6.92 Å². The normalized spacial score (nSPS) is 18.8. The highest BCUT2D eigenvalue weighted by Crippen LogP contribution is 2.37. The van der Waals surface area contributed by atoms with Crippen molar-refractivity contribution in [1.82, 2.24) is 14.5 Å². The van der Waals surface area contributed by atoms with Gasteiger partial charge in [0.2, 0.25) is 0 Å². The third kappa shape index (κ3) is 3.16. The first kappa shape index (κ1) is 14.5. The van der Waals surface area contributed by atoms with Gasteiger partial charge in [0.15, 0.2) is 0 Å². The maximum atomic E-state index is 6.04. The Balaban J connectivity index is 2.18. The van der Waals surface area contributed by atoms with Crippen LogP contribution in [-0.2, 0) is 4.74 Å². The maximum absolute atomic E-state index is 6.04. The van der Waals surface area contributed by atoms with Gasteiger partial charge in [-0.05, 0) is 26.3 Å². The SMILES string of the molecule is CCN(C(C)COC)C(CN)c1cncn1C1CC1. The molecule has 5 nitrogen and oxygen atoms in total. The lowest BCUT2D eigenvalue weighted by atomic mass is 10.1. The van der Waals surface area contributed by atoms with Crippen LogP contribution in [0.25, 0.3) is 0 Å². The standard InChI is InChI=1S/C14H26N4O/c1-4-17(11(2)9-19-3)13(7-15)14-8-16-10-18(14)12-5-6-12/h8,10-13H,4-7,9,15H2,1-3H3. The fourth-order valence-electron chi connectivity index (χ4n) is 2.83. The van der Waals surface area contributed by atoms with Crippen LogP contribution in [0.4, 0.5) is 0 Å². The van der Waals surface area contributed by atoms with Crippen LogP contribution in [0.1, 0.15) is 44.5 Å². The number of rotatable bonds is 8. The number of methoxy groups -OCH3 is 1. The van der Waals surface area contributed by atoms with Crippen LogP contribution in [0.5, 0.6) is 0 Å². The molecule has 1 aliphatic carbocycles. The van der Waals surface area contributed by atoms with Crippen molar-refractivity contribution in [2.75, 3.05) is 26.8 Å². The molecule has 5 heteroatoms. The van der Waals surface area contributed by atoms with E-state index >= 15 is 0 Å². The smallest absolute Gasteiger partial charge is 0.0951 e. The molecule has 2 N–H and O–H groups in total. The van der Waals surface area contributed by atoms with E-state index in [0.717, 1.165) is 13.2 Å². The van der Waals surface area contributed by atoms with E-state index in [9.17, 15) is 0 Å². The third-order valence-electron chi connectivity index (χ3n) is 3.94. The number of hydrogen-bond donors (Lipinski definition) is 1. The van der Waals surface area contributed by atoms with Crippen LogP contribution in [0.3, 0.4) is 0 Å². The van der Waals surface area contributed by atoms with Crippen LogP contribution in [0.2, 0.25) is 0 Å². The molecule has 1 fully saturated rings. The largest absolute Gasteiger partial charge is 0.383 e. The van der Waals surface area contributed by atoms with Crippen molar-refractivity contribution < 1.29 is 4.74 Å². The minimum atomic E-state index is 0.221. The van der Waals surface area contributed by atoms with Crippen molar-refractivity contribution >= 4 is 0 Å². The summed E-state index contributed by atoms with van der Waals surface area (Å²) in [4.78, 5) is 6.73. The molecule has 0 aliphatic heterocycles. The molecule has 19 heavy (non-hydrogen) atoms. The molecule has 1 aliphatic rings. The summed E-state index contributed by atoms with van der Waals surface area (Å²) in [7, 11) is 1.75. The Bertz CT molecular complexity index is 389. The number of likely N-dealkylation sites (N-methyl/N-ethyl adjacent to an activating group) is 1. The molecule has 0 aromatic carbocycles. The highest BCUT2D eigenvalue weighted by atomic mass is 16.5. The summed E-state index contributed by atoms with van der Waals surface area (Å²) >= 11 is 0. The van der Waals surface area contributed by atoms with Crippen molar-refractivity contribution in [2.24, 2.45) is 5.73 Å². The van der Waals surface area contributed by atoms with Gasteiger partial charge >= 0.3 is 0 Å². The molecular formula is C14H26N4O. The molecule has 0 bridgehead atoms. The van der Waals surface area contributed by atoms with E-state index < -0.39 is 0 Å². The zero-order chi connectivity index (χ0) is 13.8. The average molecular weight is 266 g/mol. The molecule has 1 saturated carbocycles. The quantitative estimate of drug-likeness (QED) is 0.776. The lowest BCUT2D eigenvalue weighted by Crippen LogP contribution is -2.42. The zero-order valence-corrected chi connectivity index (χ0v) is 12.2. The minimum absolute atomic E-state index is 0.221. The monoisotopic (exact) mass is 266 g/mol. The van der Waals surface area contributed by atoms with Crippen molar-refractivity contribution in [2.45, 2.75) is 44.8 Å². The predicted octanol–water partition coefficient (Wildman–Crippen LogP) is 1.57. The summed E-state index contributed by atoms with van der Waals surface area (Å²) in [5.74, 6) is 0. The number of ether oxygens (including phenoxy) is 1. The number of nitrogens with zero attached hydrogens (tertiary/aromatic N) is 3. The first-order chi connectivity index (χ1) is 9.22. The summed E-state index contributed by atoms with van der Waals surface area (Å²) < 4.78 is 7.59. The van der Waals surface area contributed by atoms with E-state index in [-0.39, 0.29) is 6.04 Å². The van der Waals surface area contributed by atoms with Crippen LogP contribution in [0, 0.1) is 0 Å². The fourth-order valence-corrected chi connectivity index (χ4v) is 2.83. The summed E-state index contributed by atoms with van der Waals surface area (Å²) in [6.45, 7) is 6.66. The second kappa shape index (κ2) is 6.50.